The molecule has 2 rings (SSSR count). The lowest BCUT2D eigenvalue weighted by atomic mass is 10.1. The molecule has 0 bridgehead atoms. The molecule has 118 valence electrons. The third-order valence-electron chi connectivity index (χ3n) is 2.52. The number of hydrogen-bond acceptors (Lipinski definition) is 3. The molecule has 0 radical (unpaired) electrons. The second kappa shape index (κ2) is 8.17. The fourth-order valence-corrected chi connectivity index (χ4v) is 1.50. The molecule has 0 aliphatic heterocycles. The molecule has 0 aliphatic carbocycles. The van der Waals surface area contributed by atoms with Crippen LogP contribution in [0, 0.1) is 6.92 Å². The van der Waals surface area contributed by atoms with E-state index in [1.807, 2.05) is 26.8 Å². The zero-order chi connectivity index (χ0) is 16.6. The fourth-order valence-electron chi connectivity index (χ4n) is 1.50. The number of nitrogens with one attached hydrogen (secondary N) is 1. The minimum atomic E-state index is -4.35. The Hall–Kier alpha value is -2.37. The Labute approximate surface area is 127 Å². The van der Waals surface area contributed by atoms with Gasteiger partial charge in [-0.05, 0) is 36.2 Å². The molecule has 0 fully saturated rings. The molecule has 1 N–H and O–H groups in total. The number of alkyl halides is 3. The Balaban J connectivity index is 0.00000116. The van der Waals surface area contributed by atoms with Crippen molar-refractivity contribution in [3.8, 4) is 0 Å². The van der Waals surface area contributed by atoms with Crippen LogP contribution in [0.3, 0.4) is 0 Å². The smallest absolute Gasteiger partial charge is 0.261 e. The Kier molecular flexibility index (Phi) is 6.56. The summed E-state index contributed by atoms with van der Waals surface area (Å²) in [4.78, 5) is 4.06. The van der Waals surface area contributed by atoms with E-state index >= 15 is 0 Å². The molecular weight excluding hydrogens is 291 g/mol. The van der Waals surface area contributed by atoms with Crippen LogP contribution in [-0.2, 0) is 6.18 Å². The Bertz CT molecular complexity index is 605. The van der Waals surface area contributed by atoms with Crippen molar-refractivity contribution in [1.82, 2.24) is 4.98 Å². The van der Waals surface area contributed by atoms with E-state index in [4.69, 9.17) is 0 Å². The summed E-state index contributed by atoms with van der Waals surface area (Å²) in [5.41, 5.74) is 3.33. The molecule has 0 saturated heterocycles. The molecule has 1 heterocycles. The van der Waals surface area contributed by atoms with E-state index in [1.165, 1.54) is 12.3 Å². The van der Waals surface area contributed by atoms with Gasteiger partial charge in [-0.2, -0.15) is 18.3 Å². The molecule has 0 aliphatic rings. The van der Waals surface area contributed by atoms with Gasteiger partial charge in [-0.15, -0.1) is 0 Å². The predicted octanol–water partition coefficient (Wildman–Crippen LogP) is 4.88. The molecule has 0 amide bonds. The van der Waals surface area contributed by atoms with Gasteiger partial charge in [0.15, 0.2) is 0 Å². The van der Waals surface area contributed by atoms with E-state index in [2.05, 4.69) is 15.5 Å². The zero-order valence-electron chi connectivity index (χ0n) is 12.6. The average Bonchev–Trinajstić information content (AvgIpc) is 2.51. The average molecular weight is 309 g/mol. The first kappa shape index (κ1) is 17.7. The minimum Gasteiger partial charge on any atom is -0.261 e. The predicted molar refractivity (Wildman–Crippen MR) is 83.0 cm³/mol. The van der Waals surface area contributed by atoms with Gasteiger partial charge in [0.1, 0.15) is 5.82 Å². The summed E-state index contributed by atoms with van der Waals surface area (Å²) < 4.78 is 37.6. The van der Waals surface area contributed by atoms with Crippen molar-refractivity contribution >= 4 is 12.0 Å². The van der Waals surface area contributed by atoms with Gasteiger partial charge in [0.05, 0.1) is 11.8 Å². The third-order valence-corrected chi connectivity index (χ3v) is 2.52. The van der Waals surface area contributed by atoms with E-state index in [9.17, 15) is 13.2 Å². The maximum absolute atomic E-state index is 12.5. The number of pyridine rings is 1. The van der Waals surface area contributed by atoms with Gasteiger partial charge in [-0.25, -0.2) is 4.98 Å². The third kappa shape index (κ3) is 5.55. The van der Waals surface area contributed by atoms with Crippen molar-refractivity contribution in [3.63, 3.8) is 0 Å². The monoisotopic (exact) mass is 309 g/mol. The number of aromatic nitrogens is 1. The summed E-state index contributed by atoms with van der Waals surface area (Å²) in [7, 11) is 0. The summed E-state index contributed by atoms with van der Waals surface area (Å²) >= 11 is 0. The van der Waals surface area contributed by atoms with Crippen LogP contribution in [0.2, 0.25) is 0 Å². The standard InChI is InChI=1S/C14H12F3N3.C2H6/c1-10-5-6-13(18-8-10)20-19-9-11-3-2-4-12(7-11)14(15,16)17;1-2/h2-9H,1H3,(H,18,20);1-2H3/b19-9+;. The lowest BCUT2D eigenvalue weighted by Gasteiger charge is -2.06. The first-order valence-corrected chi connectivity index (χ1v) is 6.84. The van der Waals surface area contributed by atoms with Crippen LogP contribution >= 0.6 is 0 Å². The zero-order valence-corrected chi connectivity index (χ0v) is 12.6. The first-order chi connectivity index (χ1) is 10.4. The van der Waals surface area contributed by atoms with Gasteiger partial charge in [-0.1, -0.05) is 32.0 Å². The number of hydrogen-bond donors (Lipinski definition) is 1. The van der Waals surface area contributed by atoms with Crippen LogP contribution in [0.5, 0.6) is 0 Å². The highest BCUT2D eigenvalue weighted by Gasteiger charge is 2.30. The number of halogens is 3. The van der Waals surface area contributed by atoms with Gasteiger partial charge < -0.3 is 0 Å². The second-order valence-electron chi connectivity index (χ2n) is 4.21. The molecule has 1 aromatic carbocycles. The first-order valence-electron chi connectivity index (χ1n) is 6.84. The Morgan fingerprint density at radius 1 is 1.14 bits per heavy atom. The van der Waals surface area contributed by atoms with Crippen LogP contribution in [0.4, 0.5) is 19.0 Å². The molecule has 0 saturated carbocycles. The fraction of sp³-hybridized carbons (Fsp3) is 0.250. The Morgan fingerprint density at radius 2 is 1.86 bits per heavy atom. The molecule has 22 heavy (non-hydrogen) atoms. The lowest BCUT2D eigenvalue weighted by molar-refractivity contribution is -0.137. The molecular formula is C16H18F3N3. The SMILES string of the molecule is CC.Cc1ccc(N/N=C/c2cccc(C(F)(F)F)c2)nc1. The summed E-state index contributed by atoms with van der Waals surface area (Å²) in [5, 5.41) is 3.86. The van der Waals surface area contributed by atoms with Gasteiger partial charge in [0, 0.05) is 6.20 Å². The van der Waals surface area contributed by atoms with Gasteiger partial charge in [0.25, 0.3) is 0 Å². The van der Waals surface area contributed by atoms with Crippen molar-refractivity contribution in [1.29, 1.82) is 0 Å². The molecule has 6 heteroatoms. The number of nitrogens with zero attached hydrogens (tertiary/aromatic N) is 2. The molecule has 0 spiro atoms. The normalized spacial score (nSPS) is 11.0. The highest BCUT2D eigenvalue weighted by molar-refractivity contribution is 5.80. The molecule has 2 aromatic rings. The van der Waals surface area contributed by atoms with Crippen LogP contribution < -0.4 is 5.43 Å². The van der Waals surface area contributed by atoms with Crippen LogP contribution in [0.25, 0.3) is 0 Å². The van der Waals surface area contributed by atoms with Gasteiger partial charge in [-0.3, -0.25) is 5.43 Å². The topological polar surface area (TPSA) is 37.3 Å². The van der Waals surface area contributed by atoms with Crippen molar-refractivity contribution in [2.24, 2.45) is 5.10 Å². The van der Waals surface area contributed by atoms with E-state index in [0.29, 0.717) is 11.4 Å². The number of aryl methyl sites for hydroxylation is 1. The minimum absolute atomic E-state index is 0.361. The van der Waals surface area contributed by atoms with E-state index in [1.54, 1.807) is 18.3 Å². The van der Waals surface area contributed by atoms with Crippen molar-refractivity contribution in [2.45, 2.75) is 26.9 Å². The largest absolute Gasteiger partial charge is 0.416 e. The van der Waals surface area contributed by atoms with Gasteiger partial charge >= 0.3 is 6.18 Å². The van der Waals surface area contributed by atoms with Crippen molar-refractivity contribution in [2.75, 3.05) is 5.43 Å². The van der Waals surface area contributed by atoms with Crippen LogP contribution in [-0.4, -0.2) is 11.2 Å². The number of hydrazone groups is 1. The Morgan fingerprint density at radius 3 is 2.45 bits per heavy atom. The molecule has 0 unspecified atom stereocenters. The van der Waals surface area contributed by atoms with Crippen LogP contribution in [0.15, 0.2) is 47.7 Å². The van der Waals surface area contributed by atoms with Crippen LogP contribution in [0.1, 0.15) is 30.5 Å². The number of rotatable bonds is 3. The maximum Gasteiger partial charge on any atom is 0.416 e. The lowest BCUT2D eigenvalue weighted by Crippen LogP contribution is -2.05. The second-order valence-corrected chi connectivity index (χ2v) is 4.21. The summed E-state index contributed by atoms with van der Waals surface area (Å²) in [6, 6.07) is 8.53. The highest BCUT2D eigenvalue weighted by atomic mass is 19.4. The summed E-state index contributed by atoms with van der Waals surface area (Å²) in [5.74, 6) is 0.527. The highest BCUT2D eigenvalue weighted by Crippen LogP contribution is 2.29. The van der Waals surface area contributed by atoms with Crippen molar-refractivity contribution in [3.05, 3.63) is 59.3 Å². The van der Waals surface area contributed by atoms with E-state index in [0.717, 1.165) is 17.7 Å². The number of benzene rings is 1. The molecule has 3 nitrogen and oxygen atoms in total. The molecule has 1 aromatic heterocycles. The van der Waals surface area contributed by atoms with Crippen molar-refractivity contribution < 1.29 is 13.2 Å². The van der Waals surface area contributed by atoms with E-state index < -0.39 is 11.7 Å². The van der Waals surface area contributed by atoms with Gasteiger partial charge in [0.2, 0.25) is 0 Å². The summed E-state index contributed by atoms with van der Waals surface area (Å²) in [6.45, 7) is 5.91. The summed E-state index contributed by atoms with van der Waals surface area (Å²) in [6.07, 6.45) is -1.37. The maximum atomic E-state index is 12.5. The van der Waals surface area contributed by atoms with E-state index in [-0.39, 0.29) is 0 Å². The number of anilines is 1. The quantitative estimate of drug-likeness (QED) is 0.648. The molecule has 0 atom stereocenters.